The first-order valence-corrected chi connectivity index (χ1v) is 8.66. The van der Waals surface area contributed by atoms with E-state index >= 15 is 0 Å². The molecule has 5 heteroatoms. The van der Waals surface area contributed by atoms with Crippen LogP contribution in [-0.2, 0) is 11.2 Å². The fourth-order valence-electron chi connectivity index (χ4n) is 2.52. The van der Waals surface area contributed by atoms with Gasteiger partial charge in [0, 0.05) is 10.0 Å². The average Bonchev–Trinajstić information content (AvgIpc) is 2.52. The molecular weight excluding hydrogens is 373 g/mol. The van der Waals surface area contributed by atoms with E-state index in [1.54, 1.807) is 12.1 Å². The number of benzene rings is 2. The Morgan fingerprint density at radius 3 is 2.75 bits per heavy atom. The van der Waals surface area contributed by atoms with Crippen LogP contribution in [0.3, 0.4) is 0 Å². The second-order valence-corrected chi connectivity index (χ2v) is 6.59. The van der Waals surface area contributed by atoms with Crippen molar-refractivity contribution in [3.05, 3.63) is 63.4 Å². The van der Waals surface area contributed by atoms with Gasteiger partial charge in [-0.15, -0.1) is 0 Å². The molecule has 0 saturated carbocycles. The number of carbonyl (C=O) groups is 1. The third kappa shape index (κ3) is 4.81. The van der Waals surface area contributed by atoms with Crippen molar-refractivity contribution in [2.45, 2.75) is 33.2 Å². The Kier molecular flexibility index (Phi) is 6.37. The number of nitrogens with one attached hydrogen (secondary N) is 1. The lowest BCUT2D eigenvalue weighted by atomic mass is 10.0. The molecule has 128 valence electrons. The van der Waals surface area contributed by atoms with Gasteiger partial charge in [-0.1, -0.05) is 33.6 Å². The molecule has 0 aliphatic carbocycles. The average molecular weight is 394 g/mol. The minimum atomic E-state index is -0.383. The maximum Gasteiger partial charge on any atom is 0.225 e. The summed E-state index contributed by atoms with van der Waals surface area (Å²) in [4.78, 5) is 12.3. The van der Waals surface area contributed by atoms with Crippen LogP contribution in [0.1, 0.15) is 36.6 Å². The van der Waals surface area contributed by atoms with E-state index in [2.05, 4.69) is 21.2 Å². The first-order chi connectivity index (χ1) is 11.4. The summed E-state index contributed by atoms with van der Waals surface area (Å²) < 4.78 is 20.2. The molecule has 1 atom stereocenters. The van der Waals surface area contributed by atoms with Crippen LogP contribution < -0.4 is 10.1 Å². The molecule has 2 aromatic rings. The quantitative estimate of drug-likeness (QED) is 0.771. The molecule has 2 aromatic carbocycles. The highest BCUT2D eigenvalue weighted by molar-refractivity contribution is 9.10. The fraction of sp³-hybridized carbons (Fsp3) is 0.316. The minimum Gasteiger partial charge on any atom is -0.494 e. The molecular formula is C19H21BrFNO2. The summed E-state index contributed by atoms with van der Waals surface area (Å²) in [6.45, 7) is 6.36. The van der Waals surface area contributed by atoms with E-state index in [0.29, 0.717) is 12.2 Å². The maximum absolute atomic E-state index is 13.8. The van der Waals surface area contributed by atoms with Crippen molar-refractivity contribution in [1.82, 2.24) is 5.32 Å². The Morgan fingerprint density at radius 2 is 2.04 bits per heavy atom. The van der Waals surface area contributed by atoms with E-state index in [-0.39, 0.29) is 24.2 Å². The zero-order valence-electron chi connectivity index (χ0n) is 14.0. The minimum absolute atomic E-state index is 0.00853. The molecule has 1 amide bonds. The Hall–Kier alpha value is -1.88. The number of hydrogen-bond acceptors (Lipinski definition) is 2. The number of hydrogen-bond donors (Lipinski definition) is 1. The second kappa shape index (κ2) is 8.29. The van der Waals surface area contributed by atoms with Crippen molar-refractivity contribution in [2.75, 3.05) is 6.61 Å². The summed E-state index contributed by atoms with van der Waals surface area (Å²) in [7, 11) is 0. The SMILES string of the molecule is CCOc1ccc(C)cc1C(C)NC(=O)Cc1cc(Br)ccc1F. The molecule has 3 nitrogen and oxygen atoms in total. The molecule has 0 saturated heterocycles. The van der Waals surface area contributed by atoms with Crippen LogP contribution in [0.5, 0.6) is 5.75 Å². The Balaban J connectivity index is 2.11. The monoisotopic (exact) mass is 393 g/mol. The molecule has 1 N–H and O–H groups in total. The molecule has 0 bridgehead atoms. The molecule has 24 heavy (non-hydrogen) atoms. The largest absolute Gasteiger partial charge is 0.494 e. The summed E-state index contributed by atoms with van der Waals surface area (Å²) in [5.41, 5.74) is 2.37. The zero-order valence-corrected chi connectivity index (χ0v) is 15.6. The predicted octanol–water partition coefficient (Wildman–Crippen LogP) is 4.72. The van der Waals surface area contributed by atoms with Gasteiger partial charge in [-0.2, -0.15) is 0 Å². The van der Waals surface area contributed by atoms with Gasteiger partial charge in [0.25, 0.3) is 0 Å². The van der Waals surface area contributed by atoms with Gasteiger partial charge in [0.2, 0.25) is 5.91 Å². The van der Waals surface area contributed by atoms with Gasteiger partial charge in [-0.25, -0.2) is 4.39 Å². The summed E-state index contributed by atoms with van der Waals surface area (Å²) in [6, 6.07) is 10.2. The highest BCUT2D eigenvalue weighted by atomic mass is 79.9. The Labute approximate surface area is 150 Å². The zero-order chi connectivity index (χ0) is 17.7. The number of rotatable bonds is 6. The number of carbonyl (C=O) groups excluding carboxylic acids is 1. The van der Waals surface area contributed by atoms with Gasteiger partial charge in [0.15, 0.2) is 0 Å². The molecule has 0 aliphatic rings. The van der Waals surface area contributed by atoms with E-state index in [9.17, 15) is 9.18 Å². The molecule has 1 unspecified atom stereocenters. The van der Waals surface area contributed by atoms with Crippen molar-refractivity contribution in [1.29, 1.82) is 0 Å². The highest BCUT2D eigenvalue weighted by Gasteiger charge is 2.16. The number of aryl methyl sites for hydroxylation is 1. The molecule has 0 heterocycles. The highest BCUT2D eigenvalue weighted by Crippen LogP contribution is 2.26. The van der Waals surface area contributed by atoms with Crippen molar-refractivity contribution in [3.63, 3.8) is 0 Å². The van der Waals surface area contributed by atoms with E-state index in [1.807, 2.05) is 39.0 Å². The Bertz CT molecular complexity index is 733. The van der Waals surface area contributed by atoms with Crippen molar-refractivity contribution >= 4 is 21.8 Å². The lowest BCUT2D eigenvalue weighted by molar-refractivity contribution is -0.121. The van der Waals surface area contributed by atoms with Crippen molar-refractivity contribution in [2.24, 2.45) is 0 Å². The number of halogens is 2. The summed E-state index contributed by atoms with van der Waals surface area (Å²) in [6.07, 6.45) is -0.00853. The molecule has 0 spiro atoms. The first-order valence-electron chi connectivity index (χ1n) is 7.87. The van der Waals surface area contributed by atoms with Crippen LogP contribution in [0.15, 0.2) is 40.9 Å². The van der Waals surface area contributed by atoms with Crippen LogP contribution in [0.4, 0.5) is 4.39 Å². The van der Waals surface area contributed by atoms with Gasteiger partial charge in [-0.05, 0) is 50.6 Å². The Morgan fingerprint density at radius 1 is 1.29 bits per heavy atom. The van der Waals surface area contributed by atoms with Crippen LogP contribution in [0.2, 0.25) is 0 Å². The molecule has 0 aliphatic heterocycles. The molecule has 0 radical (unpaired) electrons. The smallest absolute Gasteiger partial charge is 0.225 e. The molecule has 0 aromatic heterocycles. The van der Waals surface area contributed by atoms with Gasteiger partial charge in [0.05, 0.1) is 19.1 Å². The van der Waals surface area contributed by atoms with E-state index < -0.39 is 0 Å². The first kappa shape index (κ1) is 18.5. The van der Waals surface area contributed by atoms with Crippen LogP contribution in [0.25, 0.3) is 0 Å². The normalized spacial score (nSPS) is 11.9. The van der Waals surface area contributed by atoms with E-state index in [4.69, 9.17) is 4.74 Å². The van der Waals surface area contributed by atoms with E-state index in [0.717, 1.165) is 21.3 Å². The standard InChI is InChI=1S/C19H21BrFNO2/c1-4-24-18-8-5-12(2)9-16(18)13(3)22-19(23)11-14-10-15(20)6-7-17(14)21/h5-10,13H,4,11H2,1-3H3,(H,22,23). The van der Waals surface area contributed by atoms with Crippen molar-refractivity contribution in [3.8, 4) is 5.75 Å². The predicted molar refractivity (Wildman–Crippen MR) is 96.7 cm³/mol. The van der Waals surface area contributed by atoms with Gasteiger partial charge in [0.1, 0.15) is 11.6 Å². The third-order valence-electron chi connectivity index (χ3n) is 3.67. The lowest BCUT2D eigenvalue weighted by Crippen LogP contribution is -2.28. The van der Waals surface area contributed by atoms with Crippen LogP contribution in [-0.4, -0.2) is 12.5 Å². The van der Waals surface area contributed by atoms with Gasteiger partial charge in [-0.3, -0.25) is 4.79 Å². The van der Waals surface area contributed by atoms with Crippen molar-refractivity contribution < 1.29 is 13.9 Å². The maximum atomic E-state index is 13.8. The summed E-state index contributed by atoms with van der Waals surface area (Å²) in [5.74, 6) is 0.138. The lowest BCUT2D eigenvalue weighted by Gasteiger charge is -2.19. The summed E-state index contributed by atoms with van der Waals surface area (Å²) in [5, 5.41) is 2.92. The van der Waals surface area contributed by atoms with E-state index in [1.165, 1.54) is 6.07 Å². The fourth-order valence-corrected chi connectivity index (χ4v) is 2.92. The topological polar surface area (TPSA) is 38.3 Å². The summed E-state index contributed by atoms with van der Waals surface area (Å²) >= 11 is 3.29. The second-order valence-electron chi connectivity index (χ2n) is 5.68. The molecule has 2 rings (SSSR count). The number of ether oxygens (including phenoxy) is 1. The molecule has 0 fully saturated rings. The van der Waals surface area contributed by atoms with Crippen LogP contribution in [0, 0.1) is 12.7 Å². The third-order valence-corrected chi connectivity index (χ3v) is 4.16. The number of amides is 1. The van der Waals surface area contributed by atoms with Gasteiger partial charge >= 0.3 is 0 Å². The van der Waals surface area contributed by atoms with Crippen LogP contribution >= 0.6 is 15.9 Å². The van der Waals surface area contributed by atoms with Gasteiger partial charge < -0.3 is 10.1 Å².